The molecule has 1 heterocycles. The zero-order valence-electron chi connectivity index (χ0n) is 16.2. The Bertz CT molecular complexity index is 719. The van der Waals surface area contributed by atoms with Gasteiger partial charge in [0, 0.05) is 32.4 Å². The highest BCUT2D eigenvalue weighted by Crippen LogP contribution is 2.20. The van der Waals surface area contributed by atoms with Gasteiger partial charge in [0.05, 0.1) is 19.1 Å². The molecule has 1 aliphatic rings. The van der Waals surface area contributed by atoms with Gasteiger partial charge in [0.2, 0.25) is 0 Å². The number of hydrogen-bond donors (Lipinski definition) is 1. The van der Waals surface area contributed by atoms with Crippen LogP contribution in [0.2, 0.25) is 0 Å². The summed E-state index contributed by atoms with van der Waals surface area (Å²) in [4.78, 5) is 28.0. The fraction of sp³-hybridized carbons (Fsp3) is 0.476. The van der Waals surface area contributed by atoms with Gasteiger partial charge in [0.25, 0.3) is 5.91 Å². The molecule has 7 nitrogen and oxygen atoms in total. The monoisotopic (exact) mass is 385 g/mol. The summed E-state index contributed by atoms with van der Waals surface area (Å²) in [6.45, 7) is 3.68. The predicted molar refractivity (Wildman–Crippen MR) is 104 cm³/mol. The Morgan fingerprint density at radius 1 is 1.32 bits per heavy atom. The molecule has 1 N–H and O–H groups in total. The predicted octanol–water partition coefficient (Wildman–Crippen LogP) is 1.69. The second-order valence-corrected chi connectivity index (χ2v) is 6.65. The van der Waals surface area contributed by atoms with Crippen molar-refractivity contribution in [3.63, 3.8) is 0 Å². The minimum absolute atomic E-state index is 0.0268. The molecule has 1 saturated heterocycles. The van der Waals surface area contributed by atoms with E-state index in [1.165, 1.54) is 6.20 Å². The largest absolute Gasteiger partial charge is 0.466 e. The van der Waals surface area contributed by atoms with Gasteiger partial charge in [-0.2, -0.15) is 5.26 Å². The molecule has 1 amide bonds. The number of piperidine rings is 1. The molecule has 1 fully saturated rings. The zero-order chi connectivity index (χ0) is 20.4. The third-order valence-electron chi connectivity index (χ3n) is 4.68. The maximum absolute atomic E-state index is 12.8. The number of amides is 1. The van der Waals surface area contributed by atoms with Gasteiger partial charge in [-0.15, -0.1) is 0 Å². The van der Waals surface area contributed by atoms with Gasteiger partial charge < -0.3 is 19.6 Å². The van der Waals surface area contributed by atoms with Crippen LogP contribution in [0.4, 0.5) is 0 Å². The first kappa shape index (κ1) is 21.5. The molecule has 7 heteroatoms. The Kier molecular flexibility index (Phi) is 8.50. The minimum Gasteiger partial charge on any atom is -0.466 e. The Morgan fingerprint density at radius 3 is 2.57 bits per heavy atom. The van der Waals surface area contributed by atoms with Gasteiger partial charge in [-0.25, -0.2) is 0 Å². The Balaban J connectivity index is 2.02. The van der Waals surface area contributed by atoms with Crippen LogP contribution in [0.3, 0.4) is 0 Å². The highest BCUT2D eigenvalue weighted by atomic mass is 16.5. The first-order chi connectivity index (χ1) is 13.6. The summed E-state index contributed by atoms with van der Waals surface area (Å²) >= 11 is 0. The topological polar surface area (TPSA) is 93.9 Å². The summed E-state index contributed by atoms with van der Waals surface area (Å²) in [6, 6.07) is 11.6. The van der Waals surface area contributed by atoms with E-state index in [4.69, 9.17) is 4.74 Å². The number of nitriles is 1. The molecule has 0 spiro atoms. The molecule has 0 atom stereocenters. The van der Waals surface area contributed by atoms with Gasteiger partial charge in [-0.3, -0.25) is 9.59 Å². The van der Waals surface area contributed by atoms with Crippen molar-refractivity contribution in [3.05, 3.63) is 47.7 Å². The van der Waals surface area contributed by atoms with Crippen molar-refractivity contribution >= 4 is 11.9 Å². The van der Waals surface area contributed by atoms with Crippen LogP contribution in [-0.4, -0.2) is 59.6 Å². The number of esters is 1. The van der Waals surface area contributed by atoms with Crippen LogP contribution in [0.25, 0.3) is 0 Å². The highest BCUT2D eigenvalue weighted by molar-refractivity contribution is 5.97. The summed E-state index contributed by atoms with van der Waals surface area (Å²) in [5.41, 5.74) is 1.05. The standard InChI is InChI=1S/C21H27N3O4/c1-2-28-21(27)18-8-10-24(11-9-18)20(26)19(14-22)16-23(12-13-25)15-17-6-4-3-5-7-17/h3-7,16,18,25H,2,8-13,15H2,1H3/b19-16-. The molecule has 0 saturated carbocycles. The normalized spacial score (nSPS) is 15.0. The number of benzene rings is 1. The van der Waals surface area contributed by atoms with E-state index in [2.05, 4.69) is 0 Å². The number of likely N-dealkylation sites (tertiary alicyclic amines) is 1. The molecule has 0 radical (unpaired) electrons. The molecule has 150 valence electrons. The Morgan fingerprint density at radius 2 is 2.00 bits per heavy atom. The lowest BCUT2D eigenvalue weighted by Crippen LogP contribution is -2.41. The van der Waals surface area contributed by atoms with E-state index in [-0.39, 0.29) is 30.0 Å². The highest BCUT2D eigenvalue weighted by Gasteiger charge is 2.29. The Hall–Kier alpha value is -2.85. The first-order valence-electron chi connectivity index (χ1n) is 9.55. The van der Waals surface area contributed by atoms with Crippen molar-refractivity contribution in [1.29, 1.82) is 5.26 Å². The molecule has 0 unspecified atom stereocenters. The third kappa shape index (κ3) is 6.10. The van der Waals surface area contributed by atoms with Gasteiger partial charge in [-0.05, 0) is 25.3 Å². The van der Waals surface area contributed by atoms with Gasteiger partial charge in [0.1, 0.15) is 11.6 Å². The number of ether oxygens (including phenoxy) is 1. The molecular formula is C21H27N3O4. The first-order valence-corrected chi connectivity index (χ1v) is 9.55. The van der Waals surface area contributed by atoms with E-state index in [0.717, 1.165) is 5.56 Å². The lowest BCUT2D eigenvalue weighted by molar-refractivity contribution is -0.150. The molecule has 2 rings (SSSR count). The summed E-state index contributed by atoms with van der Waals surface area (Å²) in [5.74, 6) is -0.758. The van der Waals surface area contributed by atoms with E-state index in [0.29, 0.717) is 45.6 Å². The summed E-state index contributed by atoms with van der Waals surface area (Å²) in [7, 11) is 0. The summed E-state index contributed by atoms with van der Waals surface area (Å²) in [6.07, 6.45) is 2.59. The maximum atomic E-state index is 12.8. The average molecular weight is 385 g/mol. The second kappa shape index (κ2) is 11.1. The van der Waals surface area contributed by atoms with Crippen molar-refractivity contribution in [3.8, 4) is 6.07 Å². The number of carbonyl (C=O) groups excluding carboxylic acids is 2. The van der Waals surface area contributed by atoms with Crippen molar-refractivity contribution < 1.29 is 19.4 Å². The van der Waals surface area contributed by atoms with Crippen LogP contribution in [0.1, 0.15) is 25.3 Å². The quantitative estimate of drug-likeness (QED) is 0.416. The molecule has 0 aromatic heterocycles. The van der Waals surface area contributed by atoms with E-state index in [9.17, 15) is 20.0 Å². The fourth-order valence-electron chi connectivity index (χ4n) is 3.20. The van der Waals surface area contributed by atoms with Crippen LogP contribution in [0.5, 0.6) is 0 Å². The Labute approximate surface area is 165 Å². The number of nitrogens with zero attached hydrogens (tertiary/aromatic N) is 3. The van der Waals surface area contributed by atoms with Crippen molar-refractivity contribution in [2.75, 3.05) is 32.8 Å². The minimum atomic E-state index is -0.346. The number of carbonyl (C=O) groups is 2. The smallest absolute Gasteiger partial charge is 0.309 e. The van der Waals surface area contributed by atoms with Crippen LogP contribution < -0.4 is 0 Å². The van der Waals surface area contributed by atoms with E-state index >= 15 is 0 Å². The van der Waals surface area contributed by atoms with Gasteiger partial charge in [-0.1, -0.05) is 30.3 Å². The molecule has 1 aromatic rings. The summed E-state index contributed by atoms with van der Waals surface area (Å²) < 4.78 is 5.05. The lowest BCUT2D eigenvalue weighted by Gasteiger charge is -2.31. The van der Waals surface area contributed by atoms with Crippen molar-refractivity contribution in [1.82, 2.24) is 9.80 Å². The van der Waals surface area contributed by atoms with Crippen LogP contribution in [-0.2, 0) is 20.9 Å². The number of aliphatic hydroxyl groups excluding tert-OH is 1. The number of hydrogen-bond acceptors (Lipinski definition) is 6. The molecule has 1 aromatic carbocycles. The van der Waals surface area contributed by atoms with Crippen LogP contribution >= 0.6 is 0 Å². The zero-order valence-corrected chi connectivity index (χ0v) is 16.2. The lowest BCUT2D eigenvalue weighted by atomic mass is 9.96. The van der Waals surface area contributed by atoms with Crippen molar-refractivity contribution in [2.45, 2.75) is 26.3 Å². The second-order valence-electron chi connectivity index (χ2n) is 6.65. The molecule has 28 heavy (non-hydrogen) atoms. The molecule has 0 bridgehead atoms. The molecule has 1 aliphatic heterocycles. The van der Waals surface area contributed by atoms with Gasteiger partial charge >= 0.3 is 5.97 Å². The molecule has 0 aliphatic carbocycles. The summed E-state index contributed by atoms with van der Waals surface area (Å²) in [5, 5.41) is 18.8. The third-order valence-corrected chi connectivity index (χ3v) is 4.68. The van der Waals surface area contributed by atoms with Crippen LogP contribution in [0.15, 0.2) is 42.1 Å². The SMILES string of the molecule is CCOC(=O)C1CCN(C(=O)/C(C#N)=C\N(CCO)Cc2ccccc2)CC1. The van der Waals surface area contributed by atoms with E-state index in [1.807, 2.05) is 36.4 Å². The number of rotatable bonds is 8. The van der Waals surface area contributed by atoms with E-state index in [1.54, 1.807) is 16.7 Å². The van der Waals surface area contributed by atoms with Crippen molar-refractivity contribution in [2.24, 2.45) is 5.92 Å². The molecular weight excluding hydrogens is 358 g/mol. The van der Waals surface area contributed by atoms with Crippen LogP contribution in [0, 0.1) is 17.2 Å². The van der Waals surface area contributed by atoms with E-state index < -0.39 is 0 Å². The number of aliphatic hydroxyl groups is 1. The maximum Gasteiger partial charge on any atom is 0.309 e. The van der Waals surface area contributed by atoms with Gasteiger partial charge in [0.15, 0.2) is 0 Å². The average Bonchev–Trinajstić information content (AvgIpc) is 2.72. The fourth-order valence-corrected chi connectivity index (χ4v) is 3.20.